The van der Waals surface area contributed by atoms with E-state index in [0.29, 0.717) is 5.69 Å². The maximum Gasteiger partial charge on any atom is 0.513 e. The van der Waals surface area contributed by atoms with Crippen LogP contribution in [0.3, 0.4) is 0 Å². The molecule has 0 fully saturated rings. The molecule has 0 radical (unpaired) electrons. The first-order chi connectivity index (χ1) is 12.8. The van der Waals surface area contributed by atoms with E-state index in [-0.39, 0.29) is 35.5 Å². The number of furan rings is 1. The fourth-order valence-corrected chi connectivity index (χ4v) is 2.42. The van der Waals surface area contributed by atoms with Crippen molar-refractivity contribution in [3.8, 4) is 5.75 Å². The number of nitrogens with one attached hydrogen (secondary N) is 1. The summed E-state index contributed by atoms with van der Waals surface area (Å²) in [5.74, 6) is -0.665. The molecule has 0 saturated carbocycles. The van der Waals surface area contributed by atoms with Crippen molar-refractivity contribution in [2.24, 2.45) is 0 Å². The molecule has 7 nitrogen and oxygen atoms in total. The maximum absolute atomic E-state index is 13.2. The zero-order chi connectivity index (χ0) is 20.0. The number of esters is 1. The Morgan fingerprint density at radius 3 is 2.56 bits per heavy atom. The molecule has 2 aromatic rings. The van der Waals surface area contributed by atoms with Crippen LogP contribution in [-0.4, -0.2) is 25.3 Å². The summed E-state index contributed by atoms with van der Waals surface area (Å²) in [5, 5.41) is 2.94. The van der Waals surface area contributed by atoms with Crippen LogP contribution in [0.4, 0.5) is 14.9 Å². The van der Waals surface area contributed by atoms with E-state index in [1.165, 1.54) is 18.2 Å². The quantitative estimate of drug-likeness (QED) is 0.679. The Kier molecular flexibility index (Phi) is 7.06. The number of carbonyl (C=O) groups is 2. The highest BCUT2D eigenvalue weighted by molar-refractivity contribution is 6.33. The van der Waals surface area contributed by atoms with Gasteiger partial charge in [-0.05, 0) is 39.0 Å². The van der Waals surface area contributed by atoms with Crippen LogP contribution in [0.1, 0.15) is 31.4 Å². The molecule has 146 valence electrons. The number of carbonyl (C=O) groups excluding carboxylic acids is 2. The van der Waals surface area contributed by atoms with Crippen LogP contribution < -0.4 is 10.1 Å². The van der Waals surface area contributed by atoms with E-state index in [1.807, 2.05) is 0 Å². The highest BCUT2D eigenvalue weighted by Gasteiger charge is 2.28. The summed E-state index contributed by atoms with van der Waals surface area (Å²) < 4.78 is 33.6. The van der Waals surface area contributed by atoms with Gasteiger partial charge in [0.25, 0.3) is 0 Å². The average Bonchev–Trinajstić information content (AvgIpc) is 2.94. The van der Waals surface area contributed by atoms with Crippen molar-refractivity contribution in [1.29, 1.82) is 0 Å². The first-order valence-corrected chi connectivity index (χ1v) is 8.56. The Morgan fingerprint density at radius 2 is 1.93 bits per heavy atom. The summed E-state index contributed by atoms with van der Waals surface area (Å²) >= 11 is 6.01. The van der Waals surface area contributed by atoms with E-state index in [2.05, 4.69) is 5.32 Å². The summed E-state index contributed by atoms with van der Waals surface area (Å²) in [7, 11) is 0. The van der Waals surface area contributed by atoms with Crippen LogP contribution in [0.2, 0.25) is 5.02 Å². The molecule has 0 amide bonds. The minimum atomic E-state index is -1.09. The number of anilines is 1. The average molecular weight is 400 g/mol. The van der Waals surface area contributed by atoms with Gasteiger partial charge in [-0.15, -0.1) is 0 Å². The lowest BCUT2D eigenvalue weighted by atomic mass is 10.2. The summed E-state index contributed by atoms with van der Waals surface area (Å²) in [6.07, 6.45) is -0.893. The normalized spacial score (nSPS) is 11.6. The fraction of sp³-hybridized carbons (Fsp3) is 0.333. The van der Waals surface area contributed by atoms with Gasteiger partial charge in [0.2, 0.25) is 0 Å². The highest BCUT2D eigenvalue weighted by Crippen LogP contribution is 2.32. The molecule has 27 heavy (non-hydrogen) atoms. The van der Waals surface area contributed by atoms with Gasteiger partial charge >= 0.3 is 12.1 Å². The smallest absolute Gasteiger partial charge is 0.464 e. The van der Waals surface area contributed by atoms with E-state index >= 15 is 0 Å². The Hall–Kier alpha value is -2.74. The second-order valence-electron chi connectivity index (χ2n) is 5.31. The van der Waals surface area contributed by atoms with Gasteiger partial charge in [-0.3, -0.25) is 0 Å². The third kappa shape index (κ3) is 5.37. The van der Waals surface area contributed by atoms with Crippen LogP contribution in [0.5, 0.6) is 5.75 Å². The van der Waals surface area contributed by atoms with Crippen LogP contribution in [-0.2, 0) is 14.3 Å². The van der Waals surface area contributed by atoms with Gasteiger partial charge in [0, 0.05) is 6.07 Å². The molecule has 0 aliphatic carbocycles. The number of hydrogen-bond acceptors (Lipinski definition) is 7. The van der Waals surface area contributed by atoms with Crippen LogP contribution in [0.25, 0.3) is 0 Å². The highest BCUT2D eigenvalue weighted by atomic mass is 35.5. The maximum atomic E-state index is 13.2. The standard InChI is InChI=1S/C18H19ClFNO6/c1-4-24-17(22)16(21-13-7-6-11(20)8-12(13)19)15-9-14(10(3)26-15)27-18(23)25-5-2/h6-9,16,21H,4-5H2,1-3H3. The predicted octanol–water partition coefficient (Wildman–Crippen LogP) is 4.63. The molecule has 0 aliphatic rings. The molecule has 2 rings (SSSR count). The first-order valence-electron chi connectivity index (χ1n) is 8.18. The summed E-state index contributed by atoms with van der Waals surface area (Å²) in [5.41, 5.74) is 0.304. The van der Waals surface area contributed by atoms with Gasteiger partial charge in [-0.25, -0.2) is 14.0 Å². The van der Waals surface area contributed by atoms with Crippen molar-refractivity contribution in [2.75, 3.05) is 18.5 Å². The molecule has 1 unspecified atom stereocenters. The number of benzene rings is 1. The van der Waals surface area contributed by atoms with Crippen LogP contribution in [0.15, 0.2) is 28.7 Å². The van der Waals surface area contributed by atoms with E-state index in [0.717, 1.165) is 6.07 Å². The molecule has 1 heterocycles. The minimum absolute atomic E-state index is 0.0792. The lowest BCUT2D eigenvalue weighted by molar-refractivity contribution is -0.144. The van der Waals surface area contributed by atoms with Crippen molar-refractivity contribution in [1.82, 2.24) is 0 Å². The number of halogens is 2. The van der Waals surface area contributed by atoms with Crippen molar-refractivity contribution in [3.05, 3.63) is 46.6 Å². The fourth-order valence-electron chi connectivity index (χ4n) is 2.20. The topological polar surface area (TPSA) is 87.0 Å². The van der Waals surface area contributed by atoms with Gasteiger partial charge in [0.1, 0.15) is 17.3 Å². The first kappa shape index (κ1) is 20.6. The third-order valence-electron chi connectivity index (χ3n) is 3.38. The molecule has 9 heteroatoms. The van der Waals surface area contributed by atoms with Crippen LogP contribution in [0, 0.1) is 12.7 Å². The number of aryl methyl sites for hydroxylation is 1. The second-order valence-corrected chi connectivity index (χ2v) is 5.72. The van der Waals surface area contributed by atoms with Crippen molar-refractivity contribution in [3.63, 3.8) is 0 Å². The Bertz CT molecular complexity index is 822. The summed E-state index contributed by atoms with van der Waals surface area (Å²) in [6, 6.07) is 3.97. The number of rotatable bonds is 7. The van der Waals surface area contributed by atoms with Crippen molar-refractivity contribution >= 4 is 29.4 Å². The van der Waals surface area contributed by atoms with E-state index in [4.69, 9.17) is 30.2 Å². The molecule has 0 spiro atoms. The molecule has 1 aromatic carbocycles. The zero-order valence-electron chi connectivity index (χ0n) is 15.0. The summed E-state index contributed by atoms with van der Waals surface area (Å²) in [6.45, 7) is 5.15. The molecule has 1 N–H and O–H groups in total. The molecular formula is C18H19ClFNO6. The Balaban J connectivity index is 2.31. The van der Waals surface area contributed by atoms with Gasteiger partial charge in [-0.2, -0.15) is 0 Å². The van der Waals surface area contributed by atoms with Gasteiger partial charge in [0.15, 0.2) is 11.8 Å². The molecule has 0 aliphatic heterocycles. The predicted molar refractivity (Wildman–Crippen MR) is 95.5 cm³/mol. The van der Waals surface area contributed by atoms with E-state index < -0.39 is 24.0 Å². The minimum Gasteiger partial charge on any atom is -0.464 e. The van der Waals surface area contributed by atoms with E-state index in [1.54, 1.807) is 20.8 Å². The monoisotopic (exact) mass is 399 g/mol. The third-order valence-corrected chi connectivity index (χ3v) is 3.70. The van der Waals surface area contributed by atoms with E-state index in [9.17, 15) is 14.0 Å². The molecule has 0 saturated heterocycles. The van der Waals surface area contributed by atoms with Gasteiger partial charge in [0.05, 0.1) is 23.9 Å². The Labute approximate surface area is 160 Å². The largest absolute Gasteiger partial charge is 0.513 e. The molecule has 0 bridgehead atoms. The summed E-state index contributed by atoms with van der Waals surface area (Å²) in [4.78, 5) is 23.9. The lowest BCUT2D eigenvalue weighted by Gasteiger charge is -2.17. The van der Waals surface area contributed by atoms with Gasteiger partial charge < -0.3 is 23.9 Å². The SMILES string of the molecule is CCOC(=O)Oc1cc(C(Nc2ccc(F)cc2Cl)C(=O)OCC)oc1C. The molecule has 1 aromatic heterocycles. The van der Waals surface area contributed by atoms with Crippen molar-refractivity contribution in [2.45, 2.75) is 26.8 Å². The zero-order valence-corrected chi connectivity index (χ0v) is 15.8. The molecule has 1 atom stereocenters. The van der Waals surface area contributed by atoms with Crippen molar-refractivity contribution < 1.29 is 32.6 Å². The Morgan fingerprint density at radius 1 is 1.22 bits per heavy atom. The number of ether oxygens (including phenoxy) is 3. The lowest BCUT2D eigenvalue weighted by Crippen LogP contribution is -2.23. The van der Waals surface area contributed by atoms with Gasteiger partial charge in [-0.1, -0.05) is 11.6 Å². The second kappa shape index (κ2) is 9.27. The molecular weight excluding hydrogens is 381 g/mol. The number of hydrogen-bond donors (Lipinski definition) is 1. The van der Waals surface area contributed by atoms with Crippen LogP contribution >= 0.6 is 11.6 Å².